The van der Waals surface area contributed by atoms with Crippen molar-refractivity contribution in [2.45, 2.75) is 38.8 Å². The normalized spacial score (nSPS) is 16.3. The largest absolute Gasteiger partial charge is 0.490 e. The molecule has 29 heavy (non-hydrogen) atoms. The summed E-state index contributed by atoms with van der Waals surface area (Å²) in [7, 11) is 0. The number of rotatable bonds is 7. The molecular weight excluding hydrogens is 395 g/mol. The van der Waals surface area contributed by atoms with Crippen LogP contribution in [-0.2, 0) is 4.79 Å². The maximum atomic E-state index is 13.2. The van der Waals surface area contributed by atoms with Crippen molar-refractivity contribution in [2.75, 3.05) is 25.0 Å². The molecule has 2 aromatic rings. The molecule has 0 aliphatic carbocycles. The minimum Gasteiger partial charge on any atom is -0.490 e. The van der Waals surface area contributed by atoms with Gasteiger partial charge in [-0.15, -0.1) is 0 Å². The minimum absolute atomic E-state index is 0.0784. The van der Waals surface area contributed by atoms with E-state index in [-0.39, 0.29) is 23.1 Å². The highest BCUT2D eigenvalue weighted by molar-refractivity contribution is 6.33. The molecule has 7 heteroatoms. The zero-order valence-corrected chi connectivity index (χ0v) is 17.4. The summed E-state index contributed by atoms with van der Waals surface area (Å²) in [6, 6.07) is 11.3. The van der Waals surface area contributed by atoms with Gasteiger partial charge >= 0.3 is 0 Å². The van der Waals surface area contributed by atoms with Gasteiger partial charge in [0.05, 0.1) is 23.4 Å². The molecule has 1 unspecified atom stereocenters. The Bertz CT molecular complexity index is 841. The molecule has 2 aromatic carbocycles. The lowest BCUT2D eigenvalue weighted by Crippen LogP contribution is -2.47. The van der Waals surface area contributed by atoms with Crippen molar-refractivity contribution in [1.29, 1.82) is 0 Å². The van der Waals surface area contributed by atoms with Gasteiger partial charge in [0.2, 0.25) is 5.91 Å². The molecule has 156 valence electrons. The van der Waals surface area contributed by atoms with E-state index in [1.54, 1.807) is 0 Å². The third-order valence-corrected chi connectivity index (χ3v) is 5.35. The van der Waals surface area contributed by atoms with E-state index in [1.165, 1.54) is 18.2 Å². The van der Waals surface area contributed by atoms with Crippen LogP contribution in [0.1, 0.15) is 26.7 Å². The lowest BCUT2D eigenvalue weighted by molar-refractivity contribution is -0.121. The summed E-state index contributed by atoms with van der Waals surface area (Å²) >= 11 is 6.00. The Balaban J connectivity index is 1.52. The van der Waals surface area contributed by atoms with Crippen LogP contribution < -0.4 is 14.8 Å². The quantitative estimate of drug-likeness (QED) is 0.702. The molecule has 1 N–H and O–H groups in total. The van der Waals surface area contributed by atoms with Crippen LogP contribution in [0.2, 0.25) is 5.02 Å². The van der Waals surface area contributed by atoms with Crippen LogP contribution in [0.3, 0.4) is 0 Å². The first kappa shape index (κ1) is 21.4. The van der Waals surface area contributed by atoms with E-state index >= 15 is 0 Å². The maximum Gasteiger partial charge on any atom is 0.241 e. The van der Waals surface area contributed by atoms with Crippen molar-refractivity contribution in [3.63, 3.8) is 0 Å². The minimum atomic E-state index is -0.436. The van der Waals surface area contributed by atoms with Gasteiger partial charge in [0.1, 0.15) is 11.9 Å². The third-order valence-electron chi connectivity index (χ3n) is 5.04. The van der Waals surface area contributed by atoms with E-state index in [4.69, 9.17) is 21.1 Å². The lowest BCUT2D eigenvalue weighted by atomic mass is 10.1. The van der Waals surface area contributed by atoms with E-state index in [0.717, 1.165) is 37.4 Å². The standard InChI is InChI=1S/C22H26ClFN2O3/c1-3-28-20-6-4-5-7-21(20)29-17-10-12-26(13-11-17)15(2)22(27)25-19-9-8-16(24)14-18(19)23/h4-9,14-15,17H,3,10-13H2,1-2H3,(H,25,27). The summed E-state index contributed by atoms with van der Waals surface area (Å²) in [4.78, 5) is 14.7. The van der Waals surface area contributed by atoms with Crippen molar-refractivity contribution < 1.29 is 18.7 Å². The van der Waals surface area contributed by atoms with Crippen LogP contribution in [0.5, 0.6) is 11.5 Å². The lowest BCUT2D eigenvalue weighted by Gasteiger charge is -2.35. The van der Waals surface area contributed by atoms with Crippen molar-refractivity contribution in [1.82, 2.24) is 4.90 Å². The van der Waals surface area contributed by atoms with Gasteiger partial charge in [-0.3, -0.25) is 9.69 Å². The zero-order chi connectivity index (χ0) is 20.8. The topological polar surface area (TPSA) is 50.8 Å². The summed E-state index contributed by atoms with van der Waals surface area (Å²) < 4.78 is 24.9. The molecule has 0 aromatic heterocycles. The van der Waals surface area contributed by atoms with Crippen LogP contribution >= 0.6 is 11.6 Å². The van der Waals surface area contributed by atoms with Gasteiger partial charge in [-0.2, -0.15) is 0 Å². The molecule has 3 rings (SSSR count). The number of nitrogens with one attached hydrogen (secondary N) is 1. The molecule has 1 saturated heterocycles. The van der Waals surface area contributed by atoms with Gasteiger partial charge < -0.3 is 14.8 Å². The fourth-order valence-corrected chi connectivity index (χ4v) is 3.59. The Labute approximate surface area is 175 Å². The average molecular weight is 421 g/mol. The molecule has 1 aliphatic rings. The number of hydrogen-bond acceptors (Lipinski definition) is 4. The second-order valence-corrected chi connectivity index (χ2v) is 7.43. The van der Waals surface area contributed by atoms with Gasteiger partial charge in [0.15, 0.2) is 11.5 Å². The molecule has 1 heterocycles. The van der Waals surface area contributed by atoms with Crippen LogP contribution in [0, 0.1) is 5.82 Å². The van der Waals surface area contributed by atoms with Gasteiger partial charge in [0, 0.05) is 13.1 Å². The number of halogens is 2. The summed E-state index contributed by atoms with van der Waals surface area (Å²) in [5.41, 5.74) is 0.413. The number of ether oxygens (including phenoxy) is 2. The second-order valence-electron chi connectivity index (χ2n) is 7.02. The van der Waals surface area contributed by atoms with Crippen LogP contribution in [0.15, 0.2) is 42.5 Å². The van der Waals surface area contributed by atoms with E-state index in [1.807, 2.05) is 38.1 Å². The highest BCUT2D eigenvalue weighted by Crippen LogP contribution is 2.30. The van der Waals surface area contributed by atoms with Crippen molar-refractivity contribution in [3.05, 3.63) is 53.3 Å². The Morgan fingerprint density at radius 3 is 2.59 bits per heavy atom. The van der Waals surface area contributed by atoms with Gasteiger partial charge in [0.25, 0.3) is 0 Å². The number of likely N-dealkylation sites (tertiary alicyclic amines) is 1. The van der Waals surface area contributed by atoms with Crippen molar-refractivity contribution >= 4 is 23.2 Å². The number of piperidine rings is 1. The highest BCUT2D eigenvalue weighted by atomic mass is 35.5. The van der Waals surface area contributed by atoms with E-state index in [0.29, 0.717) is 12.3 Å². The molecular formula is C22H26ClFN2O3. The van der Waals surface area contributed by atoms with Crippen LogP contribution in [0.4, 0.5) is 10.1 Å². The molecule has 0 radical (unpaired) electrons. The monoisotopic (exact) mass is 420 g/mol. The van der Waals surface area contributed by atoms with E-state index < -0.39 is 5.82 Å². The molecule has 5 nitrogen and oxygen atoms in total. The second kappa shape index (κ2) is 9.94. The molecule has 0 bridgehead atoms. The first-order chi connectivity index (χ1) is 14.0. The van der Waals surface area contributed by atoms with Crippen molar-refractivity contribution in [2.24, 2.45) is 0 Å². The van der Waals surface area contributed by atoms with Crippen LogP contribution in [0.25, 0.3) is 0 Å². The predicted molar refractivity (Wildman–Crippen MR) is 112 cm³/mol. The fraction of sp³-hybridized carbons (Fsp3) is 0.409. The molecule has 1 aliphatic heterocycles. The number of carbonyl (C=O) groups is 1. The van der Waals surface area contributed by atoms with Crippen molar-refractivity contribution in [3.8, 4) is 11.5 Å². The summed E-state index contributed by atoms with van der Waals surface area (Å²) in [5.74, 6) is 0.902. The zero-order valence-electron chi connectivity index (χ0n) is 16.7. The Morgan fingerprint density at radius 2 is 1.93 bits per heavy atom. The highest BCUT2D eigenvalue weighted by Gasteiger charge is 2.28. The number of hydrogen-bond donors (Lipinski definition) is 1. The van der Waals surface area contributed by atoms with E-state index in [2.05, 4.69) is 10.2 Å². The number of para-hydroxylation sites is 2. The van der Waals surface area contributed by atoms with Gasteiger partial charge in [-0.1, -0.05) is 23.7 Å². The molecule has 1 fully saturated rings. The summed E-state index contributed by atoms with van der Waals surface area (Å²) in [5, 5.41) is 2.97. The SMILES string of the molecule is CCOc1ccccc1OC1CCN(C(C)C(=O)Nc2ccc(F)cc2Cl)CC1. The Kier molecular flexibility index (Phi) is 7.34. The number of benzene rings is 2. The number of amides is 1. The average Bonchev–Trinajstić information content (AvgIpc) is 2.72. The number of anilines is 1. The van der Waals surface area contributed by atoms with Gasteiger partial charge in [-0.25, -0.2) is 4.39 Å². The fourth-order valence-electron chi connectivity index (χ4n) is 3.38. The smallest absolute Gasteiger partial charge is 0.241 e. The summed E-state index contributed by atoms with van der Waals surface area (Å²) in [6.07, 6.45) is 1.71. The summed E-state index contributed by atoms with van der Waals surface area (Å²) in [6.45, 7) is 5.88. The third kappa shape index (κ3) is 5.61. The van der Waals surface area contributed by atoms with E-state index in [9.17, 15) is 9.18 Å². The Morgan fingerprint density at radius 1 is 1.24 bits per heavy atom. The first-order valence-electron chi connectivity index (χ1n) is 9.86. The number of carbonyl (C=O) groups excluding carboxylic acids is 1. The Hall–Kier alpha value is -2.31. The molecule has 1 atom stereocenters. The maximum absolute atomic E-state index is 13.2. The molecule has 0 spiro atoms. The van der Waals surface area contributed by atoms with Crippen LogP contribution in [-0.4, -0.2) is 42.6 Å². The molecule has 1 amide bonds. The number of nitrogens with zero attached hydrogens (tertiary/aromatic N) is 1. The van der Waals surface area contributed by atoms with Gasteiger partial charge in [-0.05, 0) is 57.0 Å². The predicted octanol–water partition coefficient (Wildman–Crippen LogP) is 4.75. The molecule has 0 saturated carbocycles. The first-order valence-corrected chi connectivity index (χ1v) is 10.2.